The summed E-state index contributed by atoms with van der Waals surface area (Å²) in [5.41, 5.74) is 10.8. The molecule has 3 unspecified atom stereocenters. The Labute approximate surface area is 400 Å². The maximum absolute atomic E-state index is 14.5. The van der Waals surface area contributed by atoms with Crippen LogP contribution < -0.4 is 16.1 Å². The van der Waals surface area contributed by atoms with Gasteiger partial charge in [-0.05, 0) is 128 Å². The monoisotopic (exact) mass is 929 g/mol. The van der Waals surface area contributed by atoms with Crippen LogP contribution in [-0.2, 0) is 43.2 Å². The van der Waals surface area contributed by atoms with Gasteiger partial charge < -0.3 is 34.7 Å². The first-order chi connectivity index (χ1) is 32.4. The van der Waals surface area contributed by atoms with Gasteiger partial charge in [-0.3, -0.25) is 29.2 Å². The molecular weight excluding hydrogens is 861 g/mol. The van der Waals surface area contributed by atoms with Gasteiger partial charge in [-0.1, -0.05) is 46.4 Å². The van der Waals surface area contributed by atoms with E-state index in [2.05, 4.69) is 71.2 Å². The van der Waals surface area contributed by atoms with Crippen molar-refractivity contribution in [2.45, 2.75) is 105 Å². The number of fused-ring (bicyclic) bond motifs is 1. The normalized spacial score (nSPS) is 15.5. The van der Waals surface area contributed by atoms with Gasteiger partial charge in [0.2, 0.25) is 11.8 Å². The fourth-order valence-corrected chi connectivity index (χ4v) is 9.38. The van der Waals surface area contributed by atoms with Crippen molar-refractivity contribution in [1.82, 2.24) is 35.2 Å². The van der Waals surface area contributed by atoms with E-state index in [1.54, 1.807) is 43.6 Å². The molecule has 3 aromatic heterocycles. The van der Waals surface area contributed by atoms with E-state index in [0.29, 0.717) is 37.4 Å². The molecule has 4 atom stereocenters. The molecule has 1 aliphatic rings. The molecule has 5 aromatic rings. The Morgan fingerprint density at radius 2 is 1.81 bits per heavy atom. The molecule has 4 heterocycles. The number of nitrogens with zero attached hydrogens (tertiary/aromatic N) is 5. The molecule has 0 aliphatic carbocycles. The molecule has 6 rings (SSSR count). The smallest absolute Gasteiger partial charge is 0.272 e. The number of likely N-dealkylation sites (N-methyl/N-ethyl adjacent to an activating group) is 1. The van der Waals surface area contributed by atoms with Gasteiger partial charge in [0.05, 0.1) is 36.0 Å². The van der Waals surface area contributed by atoms with Gasteiger partial charge in [0, 0.05) is 69.5 Å². The average molecular weight is 929 g/mol. The van der Waals surface area contributed by atoms with Crippen LogP contribution in [-0.4, -0.2) is 106 Å². The summed E-state index contributed by atoms with van der Waals surface area (Å²) in [6, 6.07) is 16.7. The number of aryl methyl sites for hydroxylation is 1. The summed E-state index contributed by atoms with van der Waals surface area (Å²) >= 11 is 0. The van der Waals surface area contributed by atoms with Crippen LogP contribution in [0.1, 0.15) is 94.7 Å². The number of carbonyl (C=O) groups excluding carboxylic acids is 4. The lowest BCUT2D eigenvalue weighted by atomic mass is 9.84. The molecule has 0 bridgehead atoms. The SMILES string of the molecule is C=CC(=O)Nc1ccc(C(=O)N(C)C(C(=O)NC(Cc2cc(O)cc(-c3ccc4c(c3)c(CC(C)(C)COC)c(-c3cccnc3C(C)OC)n4CC)c2)C(=O)N2CCC[C@@H](C)N2)C(C)C)nc1. The minimum Gasteiger partial charge on any atom is -0.508 e. The molecule has 0 spiro atoms. The number of carbonyl (C=O) groups is 4. The van der Waals surface area contributed by atoms with Gasteiger partial charge in [-0.25, -0.2) is 10.4 Å². The number of benzene rings is 2. The van der Waals surface area contributed by atoms with Crippen LogP contribution in [0.3, 0.4) is 0 Å². The fraction of sp³-hybridized carbons (Fsp3) is 0.434. The van der Waals surface area contributed by atoms with Crippen LogP contribution in [0.15, 0.2) is 85.7 Å². The number of hydrazine groups is 1. The summed E-state index contributed by atoms with van der Waals surface area (Å²) < 4.78 is 13.8. The molecule has 4 N–H and O–H groups in total. The molecule has 2 aromatic carbocycles. The van der Waals surface area contributed by atoms with Crippen LogP contribution in [0, 0.1) is 11.3 Å². The number of aromatic hydroxyl groups is 1. The number of rotatable bonds is 19. The van der Waals surface area contributed by atoms with Crippen molar-refractivity contribution in [3.63, 3.8) is 0 Å². The number of pyridine rings is 2. The van der Waals surface area contributed by atoms with Crippen LogP contribution in [0.4, 0.5) is 5.69 Å². The zero-order valence-electron chi connectivity index (χ0n) is 41.2. The van der Waals surface area contributed by atoms with E-state index in [4.69, 9.17) is 14.5 Å². The standard InChI is InChI=1S/C53H68N8O7/c1-12-46(63)56-38-19-20-43(55-30-38)51(65)59(9)48(32(3)4)50(64)57-44(52(66)61-23-15-16-33(5)58-61)26-35-24-37(27-39(62)25-35)36-18-21-45-41(28-36)42(29-53(7,8)31-67-10)49(60(45)13-2)40-17-14-22-54-47(40)34(6)68-11/h12,14,17-22,24-25,27-28,30,32-34,44,48,58,62H,1,13,15-16,23,26,29,31H2,2-11H3,(H,56,63)(H,57,64)/t33-,34?,44?,48?/m1/s1. The van der Waals surface area contributed by atoms with Crippen LogP contribution in [0.2, 0.25) is 0 Å². The Morgan fingerprint density at radius 3 is 2.46 bits per heavy atom. The summed E-state index contributed by atoms with van der Waals surface area (Å²) in [7, 11) is 4.94. The van der Waals surface area contributed by atoms with E-state index < -0.39 is 29.8 Å². The average Bonchev–Trinajstić information content (AvgIpc) is 3.61. The van der Waals surface area contributed by atoms with Gasteiger partial charge in [0.25, 0.3) is 11.8 Å². The highest BCUT2D eigenvalue weighted by molar-refractivity contribution is 6.00. The number of nitrogens with one attached hydrogen (secondary N) is 3. The number of ether oxygens (including phenoxy) is 2. The van der Waals surface area contributed by atoms with Crippen molar-refractivity contribution >= 4 is 40.2 Å². The minimum absolute atomic E-state index is 0.00892. The van der Waals surface area contributed by atoms with E-state index in [-0.39, 0.29) is 47.3 Å². The Balaban J connectivity index is 1.38. The highest BCUT2D eigenvalue weighted by Gasteiger charge is 2.36. The lowest BCUT2D eigenvalue weighted by Crippen LogP contribution is -2.60. The highest BCUT2D eigenvalue weighted by atomic mass is 16.5. The number of phenolic OH excluding ortho intramolecular Hbond substituents is 1. The third-order valence-electron chi connectivity index (χ3n) is 12.6. The van der Waals surface area contributed by atoms with Crippen molar-refractivity contribution < 1.29 is 33.8 Å². The van der Waals surface area contributed by atoms with Crippen molar-refractivity contribution in [3.8, 4) is 28.1 Å². The molecule has 0 radical (unpaired) electrons. The maximum atomic E-state index is 14.5. The minimum atomic E-state index is -1.06. The first-order valence-electron chi connectivity index (χ1n) is 23.4. The van der Waals surface area contributed by atoms with E-state index in [1.165, 1.54) is 24.2 Å². The van der Waals surface area contributed by atoms with Crippen LogP contribution >= 0.6 is 0 Å². The van der Waals surface area contributed by atoms with Gasteiger partial charge >= 0.3 is 0 Å². The Bertz CT molecular complexity index is 2620. The Kier molecular flexibility index (Phi) is 16.6. The van der Waals surface area contributed by atoms with Crippen LogP contribution in [0.25, 0.3) is 33.3 Å². The lowest BCUT2D eigenvalue weighted by Gasteiger charge is -2.36. The Hall–Kier alpha value is -6.42. The summed E-state index contributed by atoms with van der Waals surface area (Å²) in [6.45, 7) is 19.4. The van der Waals surface area contributed by atoms with E-state index >= 15 is 0 Å². The summed E-state index contributed by atoms with van der Waals surface area (Å²) in [5.74, 6) is -2.13. The zero-order chi connectivity index (χ0) is 49.4. The van der Waals surface area contributed by atoms with E-state index in [9.17, 15) is 24.3 Å². The van der Waals surface area contributed by atoms with Crippen molar-refractivity contribution in [2.24, 2.45) is 11.3 Å². The second kappa shape index (κ2) is 22.1. The molecule has 1 aliphatic heterocycles. The summed E-state index contributed by atoms with van der Waals surface area (Å²) in [4.78, 5) is 64.9. The van der Waals surface area contributed by atoms with Gasteiger partial charge in [-0.15, -0.1) is 0 Å². The zero-order valence-corrected chi connectivity index (χ0v) is 41.2. The number of phenols is 1. The topological polar surface area (TPSA) is 180 Å². The largest absolute Gasteiger partial charge is 0.508 e. The van der Waals surface area contributed by atoms with E-state index in [0.717, 1.165) is 63.5 Å². The first kappa shape index (κ1) is 51.0. The molecule has 68 heavy (non-hydrogen) atoms. The fourth-order valence-electron chi connectivity index (χ4n) is 9.38. The molecule has 4 amide bonds. The quantitative estimate of drug-likeness (QED) is 0.0596. The molecule has 362 valence electrons. The summed E-state index contributed by atoms with van der Waals surface area (Å²) in [6.07, 6.45) is 6.47. The maximum Gasteiger partial charge on any atom is 0.272 e. The number of amides is 4. The third-order valence-corrected chi connectivity index (χ3v) is 12.6. The van der Waals surface area contributed by atoms with Crippen LogP contribution in [0.5, 0.6) is 5.75 Å². The van der Waals surface area contributed by atoms with Crippen molar-refractivity contribution in [2.75, 3.05) is 39.7 Å². The molecule has 15 heteroatoms. The number of aromatic nitrogens is 3. The van der Waals surface area contributed by atoms with Gasteiger partial charge in [-0.2, -0.15) is 0 Å². The summed E-state index contributed by atoms with van der Waals surface area (Å²) in [5, 5.41) is 19.6. The van der Waals surface area contributed by atoms with Gasteiger partial charge in [0.1, 0.15) is 23.5 Å². The molecule has 0 saturated carbocycles. The molecular formula is C53H68N8O7. The molecule has 1 saturated heterocycles. The Morgan fingerprint density at radius 1 is 1.04 bits per heavy atom. The predicted octanol–water partition coefficient (Wildman–Crippen LogP) is 7.88. The highest BCUT2D eigenvalue weighted by Crippen LogP contribution is 2.42. The first-order valence-corrected chi connectivity index (χ1v) is 23.4. The van der Waals surface area contributed by atoms with Crippen molar-refractivity contribution in [3.05, 3.63) is 108 Å². The molecule has 15 nitrogen and oxygen atoms in total. The third kappa shape index (κ3) is 11.6. The van der Waals surface area contributed by atoms with E-state index in [1.807, 2.05) is 45.9 Å². The van der Waals surface area contributed by atoms with Gasteiger partial charge in [0.15, 0.2) is 0 Å². The number of methoxy groups -OCH3 is 2. The molecule has 1 fully saturated rings. The predicted molar refractivity (Wildman–Crippen MR) is 266 cm³/mol. The number of anilines is 1. The second-order valence-corrected chi connectivity index (χ2v) is 18.9. The lowest BCUT2D eigenvalue weighted by molar-refractivity contribution is -0.142. The number of hydrogen-bond donors (Lipinski definition) is 4. The van der Waals surface area contributed by atoms with Crippen molar-refractivity contribution in [1.29, 1.82) is 0 Å². The number of hydrogen-bond acceptors (Lipinski definition) is 10. The second-order valence-electron chi connectivity index (χ2n) is 18.9.